The largest absolute Gasteiger partial charge is 0.466 e. The second-order valence-electron chi connectivity index (χ2n) is 10.3. The zero-order valence-electron chi connectivity index (χ0n) is 22.9. The predicted molar refractivity (Wildman–Crippen MR) is 148 cm³/mol. The van der Waals surface area contributed by atoms with Gasteiger partial charge in [0.25, 0.3) is 5.91 Å². The molecule has 0 radical (unpaired) electrons. The van der Waals surface area contributed by atoms with Crippen LogP contribution >= 0.6 is 0 Å². The van der Waals surface area contributed by atoms with E-state index in [0.717, 1.165) is 0 Å². The number of rotatable bonds is 8. The highest BCUT2D eigenvalue weighted by Crippen LogP contribution is 2.40. The van der Waals surface area contributed by atoms with Gasteiger partial charge in [0.2, 0.25) is 5.91 Å². The average molecular weight is 561 g/mol. The van der Waals surface area contributed by atoms with Crippen molar-refractivity contribution in [2.45, 2.75) is 31.8 Å². The first-order valence-corrected chi connectivity index (χ1v) is 13.8. The summed E-state index contributed by atoms with van der Waals surface area (Å²) in [5.74, 6) is -1.68. The first-order chi connectivity index (χ1) is 19.8. The summed E-state index contributed by atoms with van der Waals surface area (Å²) in [5.41, 5.74) is 1.83. The Hall–Kier alpha value is -4.47. The molecule has 3 aliphatic rings. The Labute approximate surface area is 238 Å². The molecule has 2 aromatic rings. The van der Waals surface area contributed by atoms with Gasteiger partial charge >= 0.3 is 12.0 Å². The van der Waals surface area contributed by atoms with Crippen LogP contribution in [0.3, 0.4) is 0 Å². The highest BCUT2D eigenvalue weighted by molar-refractivity contribution is 6.04. The molecule has 1 saturated heterocycles. The molecule has 3 aliphatic heterocycles. The summed E-state index contributed by atoms with van der Waals surface area (Å²) >= 11 is 0. The lowest BCUT2D eigenvalue weighted by Gasteiger charge is -2.36. The van der Waals surface area contributed by atoms with Gasteiger partial charge in [-0.05, 0) is 43.0 Å². The fourth-order valence-electron chi connectivity index (χ4n) is 5.84. The third-order valence-electron chi connectivity index (χ3n) is 7.83. The van der Waals surface area contributed by atoms with Crippen LogP contribution in [0.4, 0.5) is 9.18 Å². The molecule has 0 bridgehead atoms. The molecule has 0 unspecified atom stereocenters. The number of piperidine rings is 1. The maximum absolute atomic E-state index is 14.2. The van der Waals surface area contributed by atoms with Crippen LogP contribution in [0.2, 0.25) is 0 Å². The van der Waals surface area contributed by atoms with Gasteiger partial charge in [0.05, 0.1) is 36.4 Å². The van der Waals surface area contributed by atoms with E-state index < -0.39 is 29.8 Å². The lowest BCUT2D eigenvalue weighted by atomic mass is 9.94. The molecule has 41 heavy (non-hydrogen) atoms. The van der Waals surface area contributed by atoms with Crippen LogP contribution in [-0.4, -0.2) is 71.3 Å². The molecule has 10 heteroatoms. The summed E-state index contributed by atoms with van der Waals surface area (Å²) in [6.07, 6.45) is 2.51. The highest BCUT2D eigenvalue weighted by Gasteiger charge is 2.48. The Balaban J connectivity index is 1.48. The van der Waals surface area contributed by atoms with Crippen molar-refractivity contribution in [1.29, 1.82) is 0 Å². The summed E-state index contributed by atoms with van der Waals surface area (Å²) < 4.78 is 19.4. The van der Waals surface area contributed by atoms with Gasteiger partial charge in [-0.2, -0.15) is 0 Å². The molecule has 0 aromatic heterocycles. The lowest BCUT2D eigenvalue weighted by Crippen LogP contribution is -2.48. The molecule has 9 nitrogen and oxygen atoms in total. The second-order valence-corrected chi connectivity index (χ2v) is 10.3. The van der Waals surface area contributed by atoms with Crippen molar-refractivity contribution in [3.05, 3.63) is 95.5 Å². The van der Waals surface area contributed by atoms with Crippen molar-refractivity contribution < 1.29 is 28.3 Å². The molecule has 214 valence electrons. The summed E-state index contributed by atoms with van der Waals surface area (Å²) in [5, 5.41) is 2.84. The second kappa shape index (κ2) is 12.0. The number of ether oxygens (including phenoxy) is 1. The molecule has 4 amide bonds. The Kier molecular flexibility index (Phi) is 8.19. The zero-order chi connectivity index (χ0) is 29.1. The lowest BCUT2D eigenvalue weighted by molar-refractivity contribution is -0.152. The van der Waals surface area contributed by atoms with Gasteiger partial charge in [0, 0.05) is 19.6 Å². The fourth-order valence-corrected chi connectivity index (χ4v) is 5.84. The number of halogens is 1. The van der Waals surface area contributed by atoms with Crippen LogP contribution in [0.25, 0.3) is 0 Å². The Morgan fingerprint density at radius 2 is 1.85 bits per heavy atom. The number of nitrogens with one attached hydrogen (secondary N) is 1. The van der Waals surface area contributed by atoms with E-state index in [0.29, 0.717) is 54.9 Å². The minimum absolute atomic E-state index is 0.0197. The van der Waals surface area contributed by atoms with E-state index in [1.54, 1.807) is 48.2 Å². The van der Waals surface area contributed by atoms with Crippen LogP contribution in [-0.2, 0) is 19.1 Å². The molecule has 0 saturated carbocycles. The maximum Gasteiger partial charge on any atom is 0.322 e. The summed E-state index contributed by atoms with van der Waals surface area (Å²) in [7, 11) is 0. The van der Waals surface area contributed by atoms with Crippen LogP contribution in [0, 0.1) is 11.7 Å². The van der Waals surface area contributed by atoms with Gasteiger partial charge in [-0.25, -0.2) is 9.18 Å². The minimum Gasteiger partial charge on any atom is -0.466 e. The van der Waals surface area contributed by atoms with E-state index in [1.165, 1.54) is 28.0 Å². The molecule has 5 rings (SSSR count). The topological polar surface area (TPSA) is 99.3 Å². The average Bonchev–Trinajstić information content (AvgIpc) is 3.31. The molecular formula is C31H33FN4O5. The highest BCUT2D eigenvalue weighted by atomic mass is 19.1. The van der Waals surface area contributed by atoms with Crippen molar-refractivity contribution in [2.75, 3.05) is 32.8 Å². The van der Waals surface area contributed by atoms with Crippen LogP contribution < -0.4 is 5.32 Å². The first kappa shape index (κ1) is 28.1. The predicted octanol–water partition coefficient (Wildman–Crippen LogP) is 3.72. The van der Waals surface area contributed by atoms with Gasteiger partial charge in [0.1, 0.15) is 11.9 Å². The van der Waals surface area contributed by atoms with Gasteiger partial charge in [-0.15, -0.1) is 6.58 Å². The number of carbonyl (C=O) groups excluding carboxylic acids is 4. The SMILES string of the molecule is C=CCN1C(=O)N[C@H](c2cccc(F)c2)C2=C1CN([C@H](C(=O)N1CCC(C(=O)OCC)CC1)c1ccccc1)C2=O. The fraction of sp³-hybridized carbons (Fsp3) is 0.355. The molecule has 0 aliphatic carbocycles. The smallest absolute Gasteiger partial charge is 0.322 e. The molecule has 2 aromatic carbocycles. The molecule has 1 fully saturated rings. The normalized spacial score (nSPS) is 20.0. The third-order valence-corrected chi connectivity index (χ3v) is 7.83. The summed E-state index contributed by atoms with van der Waals surface area (Å²) in [6.45, 7) is 6.71. The number of esters is 1. The number of carbonyl (C=O) groups is 4. The molecule has 0 spiro atoms. The Morgan fingerprint density at radius 3 is 2.51 bits per heavy atom. The third kappa shape index (κ3) is 5.46. The van der Waals surface area contributed by atoms with Gasteiger partial charge in [0.15, 0.2) is 0 Å². The van der Waals surface area contributed by atoms with Crippen LogP contribution in [0.5, 0.6) is 0 Å². The maximum atomic E-state index is 14.2. The number of hydrogen-bond acceptors (Lipinski definition) is 5. The molecule has 1 N–H and O–H groups in total. The first-order valence-electron chi connectivity index (χ1n) is 13.8. The monoisotopic (exact) mass is 560 g/mol. The van der Waals surface area contributed by atoms with Crippen molar-refractivity contribution in [1.82, 2.24) is 20.0 Å². The number of benzene rings is 2. The van der Waals surface area contributed by atoms with Crippen LogP contribution in [0.1, 0.15) is 43.0 Å². The Bertz CT molecular complexity index is 1390. The minimum atomic E-state index is -0.956. The van der Waals surface area contributed by atoms with Gasteiger partial charge < -0.3 is 19.9 Å². The number of likely N-dealkylation sites (tertiary alicyclic amines) is 1. The number of urea groups is 1. The number of amides is 4. The van der Waals surface area contributed by atoms with Crippen molar-refractivity contribution in [2.24, 2.45) is 5.92 Å². The van der Waals surface area contributed by atoms with E-state index in [2.05, 4.69) is 11.9 Å². The standard InChI is InChI=1S/C31H33FN4O5/c1-3-15-35-24-19-36(28(37)25(24)26(33-31(35)40)22-11-8-12-23(32)18-22)27(20-9-6-5-7-10-20)29(38)34-16-13-21(14-17-34)30(39)41-4-2/h3,5-12,18,21,26-27H,1,4,13-17,19H2,2H3,(H,33,40)/t26-,27+/m1/s1. The van der Waals surface area contributed by atoms with Crippen molar-refractivity contribution in [3.8, 4) is 0 Å². The van der Waals surface area contributed by atoms with E-state index in [1.807, 2.05) is 6.07 Å². The van der Waals surface area contributed by atoms with Gasteiger partial charge in [-0.1, -0.05) is 48.5 Å². The van der Waals surface area contributed by atoms with Gasteiger partial charge in [-0.3, -0.25) is 19.3 Å². The number of nitrogens with zero attached hydrogens (tertiary/aromatic N) is 3. The molecule has 2 atom stereocenters. The van der Waals surface area contributed by atoms with E-state index in [4.69, 9.17) is 4.74 Å². The van der Waals surface area contributed by atoms with E-state index >= 15 is 0 Å². The molecule has 3 heterocycles. The molecular weight excluding hydrogens is 527 g/mol. The Morgan fingerprint density at radius 1 is 1.12 bits per heavy atom. The zero-order valence-corrected chi connectivity index (χ0v) is 22.9. The summed E-state index contributed by atoms with van der Waals surface area (Å²) in [4.78, 5) is 58.4. The quantitative estimate of drug-likeness (QED) is 0.392. The summed E-state index contributed by atoms with van der Waals surface area (Å²) in [6, 6.07) is 12.6. The van der Waals surface area contributed by atoms with E-state index in [-0.39, 0.29) is 30.9 Å². The van der Waals surface area contributed by atoms with Crippen molar-refractivity contribution >= 4 is 23.8 Å². The van der Waals surface area contributed by atoms with E-state index in [9.17, 15) is 23.6 Å². The van der Waals surface area contributed by atoms with Crippen molar-refractivity contribution in [3.63, 3.8) is 0 Å². The van der Waals surface area contributed by atoms with Crippen LogP contribution in [0.15, 0.2) is 78.5 Å². The number of hydrogen-bond donors (Lipinski definition) is 1.